The lowest BCUT2D eigenvalue weighted by atomic mass is 10.00. The first-order valence-electron chi connectivity index (χ1n) is 10.5. The molecule has 178 valence electrons. The number of amidine groups is 1. The number of unbranched alkanes of at least 4 members (excludes halogenated alkanes) is 1. The van der Waals surface area contributed by atoms with Crippen molar-refractivity contribution in [3.05, 3.63) is 64.1 Å². The summed E-state index contributed by atoms with van der Waals surface area (Å²) in [6.07, 6.45) is -2.27. The minimum absolute atomic E-state index is 0.0888. The second kappa shape index (κ2) is 11.9. The van der Waals surface area contributed by atoms with E-state index in [4.69, 9.17) is 11.6 Å². The smallest absolute Gasteiger partial charge is 0.382 e. The highest BCUT2D eigenvalue weighted by Gasteiger charge is 2.25. The molecule has 2 aromatic heterocycles. The number of hydrogen-bond acceptors (Lipinski definition) is 5. The Balaban J connectivity index is 0.00000187. The van der Waals surface area contributed by atoms with Crippen molar-refractivity contribution >= 4 is 5.84 Å². The van der Waals surface area contributed by atoms with Crippen LogP contribution in [0.25, 0.3) is 22.5 Å². The number of nitrogens with one attached hydrogen (secondary N) is 3. The number of nitrogens with two attached hydrogens (primary N) is 2. The van der Waals surface area contributed by atoms with Crippen molar-refractivity contribution in [1.29, 1.82) is 0 Å². The van der Waals surface area contributed by atoms with Crippen LogP contribution in [-0.2, 0) is 6.42 Å². The molecule has 0 saturated heterocycles. The lowest BCUT2D eigenvalue weighted by molar-refractivity contribution is -0.135. The molecule has 2 heterocycles. The van der Waals surface area contributed by atoms with E-state index in [1.54, 1.807) is 30.5 Å². The van der Waals surface area contributed by atoms with Crippen molar-refractivity contribution in [3.8, 4) is 22.5 Å². The normalized spacial score (nSPS) is 11.6. The van der Waals surface area contributed by atoms with Gasteiger partial charge in [0.15, 0.2) is 5.84 Å². The number of aromatic amines is 2. The average Bonchev–Trinajstić information content (AvgIpc) is 3.32. The number of hydrazine groups is 1. The molecule has 0 atom stereocenters. The summed E-state index contributed by atoms with van der Waals surface area (Å²) in [5.41, 5.74) is 10.9. The van der Waals surface area contributed by atoms with E-state index in [9.17, 15) is 18.0 Å². The van der Waals surface area contributed by atoms with E-state index in [0.717, 1.165) is 11.1 Å². The van der Waals surface area contributed by atoms with Crippen LogP contribution in [0, 0.1) is 0 Å². The van der Waals surface area contributed by atoms with Crippen LogP contribution < -0.4 is 22.7 Å². The molecule has 0 aliphatic rings. The van der Waals surface area contributed by atoms with Crippen LogP contribution >= 0.6 is 0 Å². The van der Waals surface area contributed by atoms with Gasteiger partial charge < -0.3 is 10.7 Å². The first-order valence-corrected chi connectivity index (χ1v) is 10.5. The van der Waals surface area contributed by atoms with Crippen molar-refractivity contribution in [1.82, 2.24) is 20.7 Å². The molecule has 0 aliphatic carbocycles. The lowest BCUT2D eigenvalue weighted by Crippen LogP contribution is -2.29. The quantitative estimate of drug-likeness (QED) is 0.114. The molecule has 0 amide bonds. The molecule has 0 radical (unpaired) electrons. The minimum Gasteiger partial charge on any atom is -0.382 e. The van der Waals surface area contributed by atoms with Crippen LogP contribution in [0.4, 0.5) is 13.2 Å². The van der Waals surface area contributed by atoms with Crippen LogP contribution in [0.15, 0.2) is 52.5 Å². The summed E-state index contributed by atoms with van der Waals surface area (Å²) in [5.74, 6) is 5.09. The van der Waals surface area contributed by atoms with Gasteiger partial charge >= 0.3 is 6.18 Å². The number of alkyl halides is 3. The average molecular weight is 464 g/mol. The van der Waals surface area contributed by atoms with E-state index >= 15 is 0 Å². The highest BCUT2D eigenvalue weighted by Crippen LogP contribution is 2.26. The lowest BCUT2D eigenvalue weighted by Gasteiger charge is -2.11. The Kier molecular flexibility index (Phi) is 9.22. The van der Waals surface area contributed by atoms with Crippen molar-refractivity contribution in [2.75, 3.05) is 0 Å². The van der Waals surface area contributed by atoms with Crippen LogP contribution in [0.5, 0.6) is 0 Å². The van der Waals surface area contributed by atoms with Crippen molar-refractivity contribution in [2.45, 2.75) is 45.7 Å². The summed E-state index contributed by atoms with van der Waals surface area (Å²) >= 11 is 0. The maximum Gasteiger partial charge on any atom is 0.389 e. The highest BCUT2D eigenvalue weighted by molar-refractivity contribution is 6.03. The van der Waals surface area contributed by atoms with Crippen LogP contribution in [0.1, 0.15) is 44.2 Å². The molecule has 33 heavy (non-hydrogen) atoms. The Hall–Kier alpha value is -3.60. The number of nitrogens with zero attached hydrogens (tertiary/aromatic N) is 2. The van der Waals surface area contributed by atoms with Gasteiger partial charge in [0.05, 0.1) is 11.3 Å². The molecule has 0 aliphatic heterocycles. The van der Waals surface area contributed by atoms with Gasteiger partial charge in [0.1, 0.15) is 0 Å². The zero-order chi connectivity index (χ0) is 24.4. The zero-order valence-electron chi connectivity index (χ0n) is 18.5. The molecule has 7 N–H and O–H groups in total. The van der Waals surface area contributed by atoms with Gasteiger partial charge in [-0.1, -0.05) is 38.1 Å². The molecular weight excluding hydrogens is 435 g/mol. The summed E-state index contributed by atoms with van der Waals surface area (Å²) in [5, 5.41) is 10.4. The molecule has 1 aromatic carbocycles. The van der Waals surface area contributed by atoms with Gasteiger partial charge in [-0.2, -0.15) is 18.3 Å². The molecule has 0 bridgehead atoms. The fourth-order valence-corrected chi connectivity index (χ4v) is 3.22. The van der Waals surface area contributed by atoms with Crippen LogP contribution in [0.3, 0.4) is 0 Å². The standard InChI is InChI=1S/C20H22F3N7O.C2H6/c21-20(22,23)9-2-1-3-12-4-6-13(7-5-12)16-11-14(15-8-10-26-28-15)17(19(31)27-16)18(24)29-30-25;1-2/h4-8,10-11,30H,1-3,9,25H2,(H2,24,29)(H,26,28)(H,27,31);1-2H3. The molecule has 3 rings (SSSR count). The third-order valence-corrected chi connectivity index (χ3v) is 4.71. The van der Waals surface area contributed by atoms with Gasteiger partial charge in [0.2, 0.25) is 0 Å². The van der Waals surface area contributed by atoms with Crippen molar-refractivity contribution in [2.24, 2.45) is 16.7 Å². The molecular formula is C22H28F3N7O. The Bertz CT molecular complexity index is 1090. The van der Waals surface area contributed by atoms with E-state index in [2.05, 4.69) is 25.8 Å². The van der Waals surface area contributed by atoms with E-state index in [1.165, 1.54) is 0 Å². The van der Waals surface area contributed by atoms with Gasteiger partial charge in [0, 0.05) is 23.9 Å². The SMILES string of the molecule is CC.NN/N=C(\N)c1c(-c2ccn[nH]2)cc(-c2ccc(CCCCC(F)(F)F)cc2)[nH]c1=O. The Morgan fingerprint density at radius 1 is 1.12 bits per heavy atom. The summed E-state index contributed by atoms with van der Waals surface area (Å²) in [6, 6.07) is 10.7. The van der Waals surface area contributed by atoms with Gasteiger partial charge in [-0.15, -0.1) is 5.10 Å². The maximum absolute atomic E-state index is 12.8. The second-order valence-electron chi connectivity index (χ2n) is 6.92. The summed E-state index contributed by atoms with van der Waals surface area (Å²) < 4.78 is 36.8. The zero-order valence-corrected chi connectivity index (χ0v) is 18.5. The van der Waals surface area contributed by atoms with Crippen molar-refractivity contribution < 1.29 is 13.2 Å². The Morgan fingerprint density at radius 3 is 2.39 bits per heavy atom. The first kappa shape index (κ1) is 25.7. The monoisotopic (exact) mass is 463 g/mol. The number of H-pyrrole nitrogens is 2. The topological polar surface area (TPSA) is 138 Å². The van der Waals surface area contributed by atoms with Crippen LogP contribution in [-0.4, -0.2) is 27.2 Å². The third kappa shape index (κ3) is 7.21. The fraction of sp³-hybridized carbons (Fsp3) is 0.318. The molecule has 8 nitrogen and oxygen atoms in total. The molecule has 0 fully saturated rings. The summed E-state index contributed by atoms with van der Waals surface area (Å²) in [7, 11) is 0. The van der Waals surface area contributed by atoms with Gasteiger partial charge in [-0.25, -0.2) is 11.4 Å². The van der Waals surface area contributed by atoms with E-state index in [-0.39, 0.29) is 17.8 Å². The summed E-state index contributed by atoms with van der Waals surface area (Å²) in [6.45, 7) is 4.00. The fourth-order valence-electron chi connectivity index (χ4n) is 3.22. The molecule has 0 spiro atoms. The number of aromatic nitrogens is 3. The molecule has 0 unspecified atom stereocenters. The Morgan fingerprint density at radius 2 is 1.82 bits per heavy atom. The number of benzene rings is 1. The Labute approximate surface area is 189 Å². The largest absolute Gasteiger partial charge is 0.389 e. The van der Waals surface area contributed by atoms with E-state index in [1.807, 2.05) is 26.0 Å². The number of aryl methyl sites for hydroxylation is 1. The van der Waals surface area contributed by atoms with Crippen molar-refractivity contribution in [3.63, 3.8) is 0 Å². The number of halogens is 3. The number of hydrazone groups is 1. The first-order chi connectivity index (χ1) is 15.8. The third-order valence-electron chi connectivity index (χ3n) is 4.71. The van der Waals surface area contributed by atoms with Gasteiger partial charge in [-0.3, -0.25) is 9.89 Å². The predicted octanol–water partition coefficient (Wildman–Crippen LogP) is 3.82. The number of hydrogen-bond donors (Lipinski definition) is 5. The second-order valence-corrected chi connectivity index (χ2v) is 6.92. The minimum atomic E-state index is -4.12. The molecule has 0 saturated carbocycles. The van der Waals surface area contributed by atoms with E-state index in [0.29, 0.717) is 29.8 Å². The van der Waals surface area contributed by atoms with Gasteiger partial charge in [0.25, 0.3) is 5.56 Å². The predicted molar refractivity (Wildman–Crippen MR) is 123 cm³/mol. The molecule has 3 aromatic rings. The maximum atomic E-state index is 12.8. The van der Waals surface area contributed by atoms with Gasteiger partial charge in [-0.05, 0) is 42.5 Å². The van der Waals surface area contributed by atoms with Crippen LogP contribution in [0.2, 0.25) is 0 Å². The number of rotatable bonds is 8. The van der Waals surface area contributed by atoms with E-state index < -0.39 is 18.2 Å². The number of pyridine rings is 1. The highest BCUT2D eigenvalue weighted by atomic mass is 19.4. The molecule has 11 heteroatoms. The summed E-state index contributed by atoms with van der Waals surface area (Å²) in [4.78, 5) is 15.5.